The van der Waals surface area contributed by atoms with Gasteiger partial charge >= 0.3 is 0 Å². The highest BCUT2D eigenvalue weighted by atomic mass is 16.5. The summed E-state index contributed by atoms with van der Waals surface area (Å²) < 4.78 is 5.08. The highest BCUT2D eigenvalue weighted by Gasteiger charge is 2.09. The maximum Gasteiger partial charge on any atom is 0.251 e. The minimum absolute atomic E-state index is 0.0304. The minimum atomic E-state index is -0.0304. The highest BCUT2D eigenvalue weighted by molar-refractivity contribution is 5.95. The van der Waals surface area contributed by atoms with Gasteiger partial charge in [0, 0.05) is 19.2 Å². The van der Waals surface area contributed by atoms with Crippen LogP contribution in [-0.4, -0.2) is 13.0 Å². The summed E-state index contributed by atoms with van der Waals surface area (Å²) in [4.78, 5) is 12.2. The third-order valence-corrected chi connectivity index (χ3v) is 3.64. The predicted molar refractivity (Wildman–Crippen MR) is 84.2 cm³/mol. The molecule has 0 aliphatic heterocycles. The average Bonchev–Trinajstić information content (AvgIpc) is 2.49. The van der Waals surface area contributed by atoms with Crippen LogP contribution in [0.1, 0.15) is 32.6 Å². The number of rotatable bonds is 5. The lowest BCUT2D eigenvalue weighted by Crippen LogP contribution is -2.23. The maximum absolute atomic E-state index is 12.2. The molecule has 0 aliphatic rings. The van der Waals surface area contributed by atoms with Crippen LogP contribution in [0.25, 0.3) is 0 Å². The quantitative estimate of drug-likeness (QED) is 0.913. The molecule has 2 aromatic carbocycles. The van der Waals surface area contributed by atoms with E-state index in [1.165, 1.54) is 0 Å². The number of hydrogen-bond acceptors (Lipinski definition) is 2. The van der Waals surface area contributed by atoms with E-state index < -0.39 is 0 Å². The molecule has 3 heteroatoms. The third kappa shape index (κ3) is 3.92. The predicted octanol–water partition coefficient (Wildman–Crippen LogP) is 3.38. The van der Waals surface area contributed by atoms with Gasteiger partial charge in [-0.25, -0.2) is 0 Å². The number of methoxy groups -OCH3 is 1. The first-order valence-electron chi connectivity index (χ1n) is 7.03. The summed E-state index contributed by atoms with van der Waals surface area (Å²) in [5, 5.41) is 2.96. The van der Waals surface area contributed by atoms with Crippen LogP contribution in [0.5, 0.6) is 0 Å². The molecule has 2 aromatic rings. The Hall–Kier alpha value is -2.13. The molecule has 1 amide bonds. The van der Waals surface area contributed by atoms with Crippen molar-refractivity contribution in [2.24, 2.45) is 0 Å². The van der Waals surface area contributed by atoms with Gasteiger partial charge in [0.15, 0.2) is 0 Å². The molecule has 0 fully saturated rings. The van der Waals surface area contributed by atoms with E-state index in [1.54, 1.807) is 7.11 Å². The second-order valence-electron chi connectivity index (χ2n) is 5.18. The zero-order valence-electron chi connectivity index (χ0n) is 12.8. The zero-order valence-corrected chi connectivity index (χ0v) is 12.8. The number of carbonyl (C=O) groups excluding carboxylic acids is 1. The number of nitrogens with one attached hydrogen (secondary N) is 1. The van der Waals surface area contributed by atoms with Crippen molar-refractivity contribution in [3.05, 3.63) is 70.3 Å². The molecule has 21 heavy (non-hydrogen) atoms. The molecule has 1 N–H and O–H groups in total. The summed E-state index contributed by atoms with van der Waals surface area (Å²) in [5.41, 5.74) is 5.11. The van der Waals surface area contributed by atoms with E-state index in [1.807, 2.05) is 56.3 Å². The van der Waals surface area contributed by atoms with Crippen molar-refractivity contribution in [2.45, 2.75) is 27.0 Å². The Kier molecular flexibility index (Phi) is 5.12. The first kappa shape index (κ1) is 15.3. The lowest BCUT2D eigenvalue weighted by molar-refractivity contribution is 0.0950. The standard InChI is InChI=1S/C18H21NO2/c1-13-5-4-6-17(14(13)2)18(20)19-11-15-7-9-16(10-8-15)12-21-3/h4-10H,11-12H2,1-3H3,(H,19,20). The lowest BCUT2D eigenvalue weighted by atomic mass is 10.0. The normalized spacial score (nSPS) is 10.4. The molecule has 0 radical (unpaired) electrons. The van der Waals surface area contributed by atoms with Crippen molar-refractivity contribution in [2.75, 3.05) is 7.11 Å². The molecule has 0 spiro atoms. The van der Waals surface area contributed by atoms with Gasteiger partial charge < -0.3 is 10.1 Å². The topological polar surface area (TPSA) is 38.3 Å². The number of benzene rings is 2. The minimum Gasteiger partial charge on any atom is -0.380 e. The molecular weight excluding hydrogens is 262 g/mol. The fourth-order valence-electron chi connectivity index (χ4n) is 2.19. The lowest BCUT2D eigenvalue weighted by Gasteiger charge is -2.10. The van der Waals surface area contributed by atoms with Crippen LogP contribution in [0.4, 0.5) is 0 Å². The molecule has 0 heterocycles. The van der Waals surface area contributed by atoms with Crippen LogP contribution in [0.3, 0.4) is 0 Å². The van der Waals surface area contributed by atoms with Gasteiger partial charge in [0.25, 0.3) is 5.91 Å². The molecular formula is C18H21NO2. The molecule has 0 saturated heterocycles. The molecule has 0 saturated carbocycles. The van der Waals surface area contributed by atoms with Crippen molar-refractivity contribution in [1.82, 2.24) is 5.32 Å². The largest absolute Gasteiger partial charge is 0.380 e. The Morgan fingerprint density at radius 3 is 2.38 bits per heavy atom. The monoisotopic (exact) mass is 283 g/mol. The smallest absolute Gasteiger partial charge is 0.251 e. The molecule has 0 aliphatic carbocycles. The Balaban J connectivity index is 1.99. The van der Waals surface area contributed by atoms with Crippen LogP contribution in [-0.2, 0) is 17.9 Å². The van der Waals surface area contributed by atoms with Crippen LogP contribution in [0.2, 0.25) is 0 Å². The third-order valence-electron chi connectivity index (χ3n) is 3.64. The molecule has 110 valence electrons. The number of aryl methyl sites for hydroxylation is 1. The Morgan fingerprint density at radius 2 is 1.71 bits per heavy atom. The summed E-state index contributed by atoms with van der Waals surface area (Å²) in [7, 11) is 1.68. The first-order chi connectivity index (χ1) is 10.1. The van der Waals surface area contributed by atoms with Crippen LogP contribution in [0.15, 0.2) is 42.5 Å². The van der Waals surface area contributed by atoms with Crippen LogP contribution < -0.4 is 5.32 Å². The van der Waals surface area contributed by atoms with Crippen molar-refractivity contribution in [1.29, 1.82) is 0 Å². The van der Waals surface area contributed by atoms with Gasteiger partial charge in [-0.1, -0.05) is 36.4 Å². The second kappa shape index (κ2) is 7.04. The van der Waals surface area contributed by atoms with E-state index in [0.29, 0.717) is 13.2 Å². The van der Waals surface area contributed by atoms with E-state index >= 15 is 0 Å². The summed E-state index contributed by atoms with van der Waals surface area (Å²) in [6.07, 6.45) is 0. The van der Waals surface area contributed by atoms with Gasteiger partial charge in [0.05, 0.1) is 6.61 Å². The van der Waals surface area contributed by atoms with Crippen molar-refractivity contribution < 1.29 is 9.53 Å². The summed E-state index contributed by atoms with van der Waals surface area (Å²) >= 11 is 0. The van der Waals surface area contributed by atoms with Gasteiger partial charge in [0.2, 0.25) is 0 Å². The first-order valence-corrected chi connectivity index (χ1v) is 7.03. The molecule has 0 unspecified atom stereocenters. The van der Waals surface area contributed by atoms with Crippen molar-refractivity contribution in [3.63, 3.8) is 0 Å². The number of carbonyl (C=O) groups is 1. The zero-order chi connectivity index (χ0) is 15.2. The molecule has 0 aromatic heterocycles. The average molecular weight is 283 g/mol. The maximum atomic E-state index is 12.2. The van der Waals surface area contributed by atoms with E-state index in [9.17, 15) is 4.79 Å². The fourth-order valence-corrected chi connectivity index (χ4v) is 2.19. The number of hydrogen-bond donors (Lipinski definition) is 1. The molecule has 2 rings (SSSR count). The number of ether oxygens (including phenoxy) is 1. The number of amides is 1. The van der Waals surface area contributed by atoms with E-state index in [2.05, 4.69) is 5.32 Å². The van der Waals surface area contributed by atoms with Gasteiger partial charge in [-0.3, -0.25) is 4.79 Å². The molecule has 0 bridgehead atoms. The Morgan fingerprint density at radius 1 is 1.05 bits per heavy atom. The second-order valence-corrected chi connectivity index (χ2v) is 5.18. The Labute approximate surface area is 126 Å². The summed E-state index contributed by atoms with van der Waals surface area (Å²) in [6.45, 7) is 5.12. The van der Waals surface area contributed by atoms with Crippen molar-refractivity contribution >= 4 is 5.91 Å². The molecule has 3 nitrogen and oxygen atoms in total. The van der Waals surface area contributed by atoms with E-state index in [0.717, 1.165) is 27.8 Å². The van der Waals surface area contributed by atoms with E-state index in [4.69, 9.17) is 4.74 Å². The van der Waals surface area contributed by atoms with Gasteiger partial charge in [-0.15, -0.1) is 0 Å². The van der Waals surface area contributed by atoms with Crippen molar-refractivity contribution in [3.8, 4) is 0 Å². The SMILES string of the molecule is COCc1ccc(CNC(=O)c2cccc(C)c2C)cc1. The highest BCUT2D eigenvalue weighted by Crippen LogP contribution is 2.13. The summed E-state index contributed by atoms with van der Waals surface area (Å²) in [5.74, 6) is -0.0304. The van der Waals surface area contributed by atoms with Gasteiger partial charge in [0.1, 0.15) is 0 Å². The summed E-state index contributed by atoms with van der Waals surface area (Å²) in [6, 6.07) is 13.8. The van der Waals surface area contributed by atoms with Gasteiger partial charge in [-0.2, -0.15) is 0 Å². The van der Waals surface area contributed by atoms with Crippen LogP contribution >= 0.6 is 0 Å². The Bertz CT molecular complexity index is 618. The van der Waals surface area contributed by atoms with Crippen LogP contribution in [0, 0.1) is 13.8 Å². The fraction of sp³-hybridized carbons (Fsp3) is 0.278. The molecule has 0 atom stereocenters. The van der Waals surface area contributed by atoms with Gasteiger partial charge in [-0.05, 0) is 42.2 Å². The van der Waals surface area contributed by atoms with E-state index in [-0.39, 0.29) is 5.91 Å².